The maximum absolute atomic E-state index is 4.82. The summed E-state index contributed by atoms with van der Waals surface area (Å²) in [6, 6.07) is 14.7. The summed E-state index contributed by atoms with van der Waals surface area (Å²) in [4.78, 5) is 9.72. The van der Waals surface area contributed by atoms with Crippen LogP contribution in [0.1, 0.15) is 11.4 Å². The van der Waals surface area contributed by atoms with Gasteiger partial charge in [0.1, 0.15) is 5.82 Å². The smallest absolute Gasteiger partial charge is 0.206 e. The van der Waals surface area contributed by atoms with Gasteiger partial charge in [-0.1, -0.05) is 18.2 Å². The lowest BCUT2D eigenvalue weighted by Gasteiger charge is -2.36. The maximum Gasteiger partial charge on any atom is 0.206 e. The fraction of sp³-hybridized carbons (Fsp3) is 0.333. The van der Waals surface area contributed by atoms with Crippen LogP contribution in [0.25, 0.3) is 22.4 Å². The predicted octanol–water partition coefficient (Wildman–Crippen LogP) is 2.38. The van der Waals surface area contributed by atoms with Crippen molar-refractivity contribution in [1.29, 1.82) is 0 Å². The maximum atomic E-state index is 4.82. The van der Waals surface area contributed by atoms with Gasteiger partial charge in [0.05, 0.1) is 17.6 Å². The molecule has 0 saturated carbocycles. The number of aromatic amines is 1. The number of tetrazole rings is 1. The Morgan fingerprint density at radius 2 is 1.86 bits per heavy atom. The predicted molar refractivity (Wildman–Crippen MR) is 113 cm³/mol. The summed E-state index contributed by atoms with van der Waals surface area (Å²) in [6.45, 7) is 6.87. The number of nitrogens with one attached hydrogen (secondary N) is 1. The van der Waals surface area contributed by atoms with Crippen LogP contribution < -0.4 is 4.90 Å². The van der Waals surface area contributed by atoms with Crippen molar-refractivity contribution in [2.24, 2.45) is 7.05 Å². The molecule has 29 heavy (non-hydrogen) atoms. The number of H-pyrrole nitrogens is 1. The van der Waals surface area contributed by atoms with Crippen LogP contribution in [-0.2, 0) is 13.6 Å². The molecule has 1 aliphatic rings. The second-order valence-electron chi connectivity index (χ2n) is 7.59. The first-order valence-corrected chi connectivity index (χ1v) is 9.91. The lowest BCUT2D eigenvalue weighted by Crippen LogP contribution is -2.46. The number of nitrogens with zero attached hydrogens (tertiary/aromatic N) is 7. The molecule has 0 aliphatic carbocycles. The number of imidazole rings is 1. The Labute approximate surface area is 169 Å². The molecule has 0 amide bonds. The highest BCUT2D eigenvalue weighted by Crippen LogP contribution is 2.30. The summed E-state index contributed by atoms with van der Waals surface area (Å²) >= 11 is 0. The third-order valence-electron chi connectivity index (χ3n) is 5.70. The highest BCUT2D eigenvalue weighted by Gasteiger charge is 2.22. The van der Waals surface area contributed by atoms with Crippen LogP contribution >= 0.6 is 0 Å². The molecular formula is C21H24N8. The third-order valence-corrected chi connectivity index (χ3v) is 5.70. The van der Waals surface area contributed by atoms with Crippen LogP contribution in [0.5, 0.6) is 0 Å². The van der Waals surface area contributed by atoms with E-state index in [9.17, 15) is 0 Å². The number of piperazine rings is 1. The minimum absolute atomic E-state index is 0.641. The summed E-state index contributed by atoms with van der Waals surface area (Å²) in [7, 11) is 2.10. The van der Waals surface area contributed by atoms with E-state index in [4.69, 9.17) is 4.98 Å². The Balaban J connectivity index is 1.32. The molecular weight excluding hydrogens is 364 g/mol. The summed E-state index contributed by atoms with van der Waals surface area (Å²) in [5.74, 6) is 1.75. The zero-order chi connectivity index (χ0) is 19.8. The Morgan fingerprint density at radius 1 is 1.03 bits per heavy atom. The molecule has 2 aromatic heterocycles. The molecule has 8 nitrogen and oxygen atoms in total. The first-order valence-electron chi connectivity index (χ1n) is 9.91. The first kappa shape index (κ1) is 17.8. The van der Waals surface area contributed by atoms with Crippen LogP contribution in [0.4, 0.5) is 5.69 Å². The van der Waals surface area contributed by atoms with E-state index in [-0.39, 0.29) is 0 Å². The Bertz CT molecular complexity index is 1120. The van der Waals surface area contributed by atoms with Gasteiger partial charge in [-0.25, -0.2) is 4.98 Å². The van der Waals surface area contributed by atoms with E-state index >= 15 is 0 Å². The summed E-state index contributed by atoms with van der Waals surface area (Å²) in [6.07, 6.45) is 0. The number of anilines is 1. The van der Waals surface area contributed by atoms with E-state index in [0.717, 1.165) is 49.6 Å². The quantitative estimate of drug-likeness (QED) is 0.578. The van der Waals surface area contributed by atoms with Crippen molar-refractivity contribution < 1.29 is 0 Å². The molecule has 2 aromatic carbocycles. The highest BCUT2D eigenvalue weighted by molar-refractivity contribution is 5.76. The van der Waals surface area contributed by atoms with E-state index in [1.54, 1.807) is 0 Å². The summed E-state index contributed by atoms with van der Waals surface area (Å²) in [5.41, 5.74) is 5.68. The van der Waals surface area contributed by atoms with Crippen LogP contribution in [0.2, 0.25) is 0 Å². The lowest BCUT2D eigenvalue weighted by atomic mass is 10.1. The largest absolute Gasteiger partial charge is 0.368 e. The van der Waals surface area contributed by atoms with Crippen LogP contribution in [-0.4, -0.2) is 61.3 Å². The molecule has 0 radical (unpaired) electrons. The number of para-hydroxylation sites is 2. The van der Waals surface area contributed by atoms with E-state index in [0.29, 0.717) is 5.82 Å². The third kappa shape index (κ3) is 3.36. The fourth-order valence-corrected chi connectivity index (χ4v) is 4.05. The molecule has 0 bridgehead atoms. The highest BCUT2D eigenvalue weighted by atomic mass is 15.5. The van der Waals surface area contributed by atoms with Gasteiger partial charge in [-0.3, -0.25) is 4.90 Å². The van der Waals surface area contributed by atoms with Crippen molar-refractivity contribution >= 4 is 16.7 Å². The SMILES string of the molecule is Cc1ccc(-c2nn[nH]n2)c(N2CCN(Cc3nc4ccccc4n3C)CC2)c1. The van der Waals surface area contributed by atoms with Gasteiger partial charge in [0, 0.05) is 44.5 Å². The second-order valence-corrected chi connectivity index (χ2v) is 7.59. The van der Waals surface area contributed by atoms with Gasteiger partial charge in [0.25, 0.3) is 0 Å². The molecule has 1 fully saturated rings. The van der Waals surface area contributed by atoms with Crippen LogP contribution in [0.15, 0.2) is 42.5 Å². The Morgan fingerprint density at radius 3 is 2.62 bits per heavy atom. The van der Waals surface area contributed by atoms with Crippen molar-refractivity contribution in [2.75, 3.05) is 31.1 Å². The van der Waals surface area contributed by atoms with Crippen molar-refractivity contribution in [2.45, 2.75) is 13.5 Å². The van der Waals surface area contributed by atoms with Crippen LogP contribution in [0.3, 0.4) is 0 Å². The van der Waals surface area contributed by atoms with E-state index < -0.39 is 0 Å². The van der Waals surface area contributed by atoms with Crippen molar-refractivity contribution in [3.63, 3.8) is 0 Å². The molecule has 1 aliphatic heterocycles. The van der Waals surface area contributed by atoms with Crippen LogP contribution in [0, 0.1) is 6.92 Å². The van der Waals surface area contributed by atoms with Gasteiger partial charge in [-0.2, -0.15) is 5.21 Å². The number of aryl methyl sites for hydroxylation is 2. The zero-order valence-electron chi connectivity index (χ0n) is 16.7. The standard InChI is InChI=1S/C21H24N8/c1-15-7-8-16(21-23-25-26-24-21)19(13-15)29-11-9-28(10-12-29)14-20-22-17-5-3-4-6-18(17)27(20)2/h3-8,13H,9-12,14H2,1-2H3,(H,23,24,25,26). The molecule has 1 N–H and O–H groups in total. The number of rotatable bonds is 4. The summed E-state index contributed by atoms with van der Waals surface area (Å²) in [5, 5.41) is 14.6. The minimum Gasteiger partial charge on any atom is -0.368 e. The van der Waals surface area contributed by atoms with Gasteiger partial charge >= 0.3 is 0 Å². The van der Waals surface area contributed by atoms with Gasteiger partial charge in [0.2, 0.25) is 5.82 Å². The first-order chi connectivity index (χ1) is 14.2. The molecule has 148 valence electrons. The molecule has 8 heteroatoms. The number of aromatic nitrogens is 6. The number of benzene rings is 2. The number of fused-ring (bicyclic) bond motifs is 1. The molecule has 0 atom stereocenters. The van der Waals surface area contributed by atoms with E-state index in [2.05, 4.69) is 85.4 Å². The van der Waals surface area contributed by atoms with Gasteiger partial charge in [0.15, 0.2) is 0 Å². The lowest BCUT2D eigenvalue weighted by molar-refractivity contribution is 0.242. The van der Waals surface area contributed by atoms with Gasteiger partial charge in [-0.15, -0.1) is 10.2 Å². The molecule has 0 unspecified atom stereocenters. The minimum atomic E-state index is 0.641. The molecule has 4 aromatic rings. The topological polar surface area (TPSA) is 78.8 Å². The normalized spacial score (nSPS) is 15.3. The average Bonchev–Trinajstić information content (AvgIpc) is 3.38. The molecule has 0 spiro atoms. The zero-order valence-corrected chi connectivity index (χ0v) is 16.7. The van der Waals surface area contributed by atoms with Crippen molar-refractivity contribution in [3.8, 4) is 11.4 Å². The Kier molecular flexibility index (Phi) is 4.48. The average molecular weight is 388 g/mol. The second kappa shape index (κ2) is 7.29. The van der Waals surface area contributed by atoms with Gasteiger partial charge in [-0.05, 0) is 42.0 Å². The van der Waals surface area contributed by atoms with Crippen molar-refractivity contribution in [3.05, 3.63) is 53.9 Å². The van der Waals surface area contributed by atoms with Crippen molar-refractivity contribution in [1.82, 2.24) is 35.1 Å². The van der Waals surface area contributed by atoms with Gasteiger partial charge < -0.3 is 9.47 Å². The summed E-state index contributed by atoms with van der Waals surface area (Å²) < 4.78 is 2.20. The fourth-order valence-electron chi connectivity index (χ4n) is 4.05. The monoisotopic (exact) mass is 388 g/mol. The van der Waals surface area contributed by atoms with E-state index in [1.807, 2.05) is 6.07 Å². The molecule has 1 saturated heterocycles. The number of hydrogen-bond donors (Lipinski definition) is 1. The molecule has 5 rings (SSSR count). The molecule has 3 heterocycles. The van der Waals surface area contributed by atoms with E-state index in [1.165, 1.54) is 16.8 Å². The number of hydrogen-bond acceptors (Lipinski definition) is 6. The Hall–Kier alpha value is -3.26.